The smallest absolute Gasteiger partial charge is 0.0871 e. The summed E-state index contributed by atoms with van der Waals surface area (Å²) in [4.78, 5) is 0. The van der Waals surface area contributed by atoms with Crippen LogP contribution in [0.2, 0.25) is 0 Å². The zero-order valence-corrected chi connectivity index (χ0v) is 10.1. The molecule has 0 saturated carbocycles. The molecule has 2 aromatic carbocycles. The maximum atomic E-state index is 9.08. The molecule has 3 rings (SSSR count). The van der Waals surface area contributed by atoms with Gasteiger partial charge in [-0.3, -0.25) is 0 Å². The Hall–Kier alpha value is -2.09. The molecule has 1 atom stereocenters. The van der Waals surface area contributed by atoms with Crippen LogP contribution in [0.5, 0.6) is 0 Å². The van der Waals surface area contributed by atoms with Crippen molar-refractivity contribution < 1.29 is 5.21 Å². The molecular weight excluding hydrogens is 222 g/mol. The van der Waals surface area contributed by atoms with E-state index >= 15 is 0 Å². The van der Waals surface area contributed by atoms with Crippen molar-refractivity contribution in [3.05, 3.63) is 71.3 Å². The molecule has 0 fully saturated rings. The van der Waals surface area contributed by atoms with Gasteiger partial charge in [-0.2, -0.15) is 0 Å². The first-order chi connectivity index (χ1) is 8.90. The summed E-state index contributed by atoms with van der Waals surface area (Å²) in [6, 6.07) is 18.8. The van der Waals surface area contributed by atoms with E-state index in [0.29, 0.717) is 5.92 Å². The zero-order chi connectivity index (χ0) is 12.4. The SMILES string of the molecule is O/N=C1/CC[C@@H](c2ccccc2)c2ccccc21. The molecule has 2 heteroatoms. The Morgan fingerprint density at radius 3 is 2.44 bits per heavy atom. The van der Waals surface area contributed by atoms with Crippen molar-refractivity contribution in [1.82, 2.24) is 0 Å². The van der Waals surface area contributed by atoms with Gasteiger partial charge in [0.2, 0.25) is 0 Å². The average Bonchev–Trinajstić information content (AvgIpc) is 2.47. The number of fused-ring (bicyclic) bond motifs is 1. The minimum absolute atomic E-state index is 0.410. The second-order valence-electron chi connectivity index (χ2n) is 4.64. The van der Waals surface area contributed by atoms with Gasteiger partial charge in [0.05, 0.1) is 5.71 Å². The van der Waals surface area contributed by atoms with E-state index < -0.39 is 0 Å². The summed E-state index contributed by atoms with van der Waals surface area (Å²) in [6.07, 6.45) is 1.83. The van der Waals surface area contributed by atoms with Crippen LogP contribution in [-0.4, -0.2) is 10.9 Å². The van der Waals surface area contributed by atoms with Crippen molar-refractivity contribution in [2.45, 2.75) is 18.8 Å². The average molecular weight is 237 g/mol. The van der Waals surface area contributed by atoms with Crippen LogP contribution >= 0.6 is 0 Å². The van der Waals surface area contributed by atoms with Crippen molar-refractivity contribution in [2.75, 3.05) is 0 Å². The number of nitrogens with zero attached hydrogens (tertiary/aromatic N) is 1. The van der Waals surface area contributed by atoms with E-state index in [2.05, 4.69) is 41.6 Å². The molecule has 1 aliphatic carbocycles. The zero-order valence-electron chi connectivity index (χ0n) is 10.1. The van der Waals surface area contributed by atoms with Gasteiger partial charge in [0.1, 0.15) is 0 Å². The molecule has 0 heterocycles. The maximum absolute atomic E-state index is 9.08. The Morgan fingerprint density at radius 1 is 0.944 bits per heavy atom. The van der Waals surface area contributed by atoms with E-state index in [1.165, 1.54) is 11.1 Å². The van der Waals surface area contributed by atoms with Crippen molar-refractivity contribution in [2.24, 2.45) is 5.16 Å². The van der Waals surface area contributed by atoms with Gasteiger partial charge in [-0.05, 0) is 24.0 Å². The Labute approximate surface area is 107 Å². The lowest BCUT2D eigenvalue weighted by molar-refractivity contribution is 0.317. The van der Waals surface area contributed by atoms with Crippen LogP contribution in [0.1, 0.15) is 35.4 Å². The molecule has 2 nitrogen and oxygen atoms in total. The van der Waals surface area contributed by atoms with Crippen LogP contribution in [0.15, 0.2) is 59.8 Å². The normalized spacial score (nSPS) is 20.7. The topological polar surface area (TPSA) is 32.6 Å². The largest absolute Gasteiger partial charge is 0.411 e. The third kappa shape index (κ3) is 1.80. The lowest BCUT2D eigenvalue weighted by Gasteiger charge is -2.26. The molecule has 0 spiro atoms. The highest BCUT2D eigenvalue weighted by atomic mass is 16.4. The Morgan fingerprint density at radius 2 is 1.67 bits per heavy atom. The molecule has 1 aliphatic rings. The minimum atomic E-state index is 0.410. The summed E-state index contributed by atoms with van der Waals surface area (Å²) in [5, 5.41) is 12.5. The Bertz CT molecular complexity index is 575. The van der Waals surface area contributed by atoms with E-state index in [1.807, 2.05) is 18.2 Å². The van der Waals surface area contributed by atoms with Crippen LogP contribution in [0.3, 0.4) is 0 Å². The molecule has 0 amide bonds. The molecule has 2 aromatic rings. The van der Waals surface area contributed by atoms with Crippen LogP contribution in [0.25, 0.3) is 0 Å². The minimum Gasteiger partial charge on any atom is -0.411 e. The quantitative estimate of drug-likeness (QED) is 0.594. The van der Waals surface area contributed by atoms with Gasteiger partial charge in [0, 0.05) is 11.5 Å². The van der Waals surface area contributed by atoms with Gasteiger partial charge >= 0.3 is 0 Å². The molecule has 1 N–H and O–H groups in total. The number of benzene rings is 2. The van der Waals surface area contributed by atoms with Gasteiger partial charge in [0.15, 0.2) is 0 Å². The maximum Gasteiger partial charge on any atom is 0.0871 e. The van der Waals surface area contributed by atoms with Gasteiger partial charge < -0.3 is 5.21 Å². The van der Waals surface area contributed by atoms with Crippen molar-refractivity contribution in [1.29, 1.82) is 0 Å². The number of hydrogen-bond acceptors (Lipinski definition) is 2. The highest BCUT2D eigenvalue weighted by Gasteiger charge is 2.25. The third-order valence-electron chi connectivity index (χ3n) is 3.64. The van der Waals surface area contributed by atoms with E-state index in [4.69, 9.17) is 5.21 Å². The van der Waals surface area contributed by atoms with Crippen molar-refractivity contribution in [3.63, 3.8) is 0 Å². The van der Waals surface area contributed by atoms with Crippen LogP contribution in [0.4, 0.5) is 0 Å². The highest BCUT2D eigenvalue weighted by molar-refractivity contribution is 6.02. The van der Waals surface area contributed by atoms with Crippen molar-refractivity contribution >= 4 is 5.71 Å². The van der Waals surface area contributed by atoms with E-state index in [-0.39, 0.29) is 0 Å². The van der Waals surface area contributed by atoms with Gasteiger partial charge in [-0.1, -0.05) is 59.8 Å². The molecule has 0 unspecified atom stereocenters. The summed E-state index contributed by atoms with van der Waals surface area (Å²) in [5.41, 5.74) is 4.49. The van der Waals surface area contributed by atoms with E-state index in [1.54, 1.807) is 0 Å². The number of oxime groups is 1. The lowest BCUT2D eigenvalue weighted by Crippen LogP contribution is -2.17. The molecule has 0 radical (unpaired) electrons. The first-order valence-corrected chi connectivity index (χ1v) is 6.25. The molecule has 0 bridgehead atoms. The van der Waals surface area contributed by atoms with Gasteiger partial charge in [-0.15, -0.1) is 0 Å². The fraction of sp³-hybridized carbons (Fsp3) is 0.188. The lowest BCUT2D eigenvalue weighted by atomic mass is 9.78. The molecule has 18 heavy (non-hydrogen) atoms. The van der Waals surface area contributed by atoms with Crippen LogP contribution in [-0.2, 0) is 0 Å². The summed E-state index contributed by atoms with van der Waals surface area (Å²) >= 11 is 0. The number of rotatable bonds is 1. The predicted octanol–water partition coefficient (Wildman–Crippen LogP) is 3.79. The number of hydrogen-bond donors (Lipinski definition) is 1. The van der Waals surface area contributed by atoms with Gasteiger partial charge in [-0.25, -0.2) is 0 Å². The van der Waals surface area contributed by atoms with Crippen LogP contribution in [0, 0.1) is 0 Å². The molecule has 0 saturated heterocycles. The van der Waals surface area contributed by atoms with E-state index in [0.717, 1.165) is 24.1 Å². The van der Waals surface area contributed by atoms with Crippen molar-refractivity contribution in [3.8, 4) is 0 Å². The molecular formula is C16H15NO. The van der Waals surface area contributed by atoms with E-state index in [9.17, 15) is 0 Å². The highest BCUT2D eigenvalue weighted by Crippen LogP contribution is 2.36. The molecule has 0 aromatic heterocycles. The predicted molar refractivity (Wildman–Crippen MR) is 72.3 cm³/mol. The Balaban J connectivity index is 2.10. The standard InChI is InChI=1S/C16H15NO/c18-17-16-11-10-13(12-6-2-1-3-7-12)14-8-4-5-9-15(14)16/h1-9,13,18H,10-11H2/b17-16-/t13-/m0/s1. The summed E-state index contributed by atoms with van der Waals surface area (Å²) < 4.78 is 0. The van der Waals surface area contributed by atoms with Gasteiger partial charge in [0.25, 0.3) is 0 Å². The first-order valence-electron chi connectivity index (χ1n) is 6.25. The third-order valence-corrected chi connectivity index (χ3v) is 3.64. The molecule has 90 valence electrons. The second-order valence-corrected chi connectivity index (χ2v) is 4.64. The summed E-state index contributed by atoms with van der Waals surface area (Å²) in [7, 11) is 0. The monoisotopic (exact) mass is 237 g/mol. The summed E-state index contributed by atoms with van der Waals surface area (Å²) in [6.45, 7) is 0. The molecule has 0 aliphatic heterocycles. The Kier molecular flexibility index (Phi) is 2.85. The van der Waals surface area contributed by atoms with Crippen LogP contribution < -0.4 is 0 Å². The summed E-state index contributed by atoms with van der Waals surface area (Å²) in [5.74, 6) is 0.410. The first kappa shape index (κ1) is 11.0. The fourth-order valence-electron chi connectivity index (χ4n) is 2.77. The second kappa shape index (κ2) is 4.65. The fourth-order valence-corrected chi connectivity index (χ4v) is 2.77.